The second-order valence-corrected chi connectivity index (χ2v) is 6.94. The maximum atomic E-state index is 13.5. The summed E-state index contributed by atoms with van der Waals surface area (Å²) in [6.07, 6.45) is 4.90. The van der Waals surface area contributed by atoms with Crippen LogP contribution in [-0.4, -0.2) is 38.7 Å². The van der Waals surface area contributed by atoms with Gasteiger partial charge in [0.15, 0.2) is 11.5 Å². The Morgan fingerprint density at radius 3 is 2.36 bits per heavy atom. The second kappa shape index (κ2) is 9.04. The van der Waals surface area contributed by atoms with E-state index in [1.54, 1.807) is 33.5 Å². The standard InChI is InChI=1S/C22H29NO5/c1-5-16-10-11-18(28-16)17-9-7-6-8-12-23(17)22(24)15-13-19(25-2)21(27-4)20(14-15)26-3/h10-11,13-14,17H,5-9,12H2,1-4H3. The van der Waals surface area contributed by atoms with Gasteiger partial charge in [0, 0.05) is 18.5 Å². The molecule has 1 fully saturated rings. The van der Waals surface area contributed by atoms with Crippen molar-refractivity contribution in [2.75, 3.05) is 27.9 Å². The van der Waals surface area contributed by atoms with Gasteiger partial charge >= 0.3 is 0 Å². The van der Waals surface area contributed by atoms with E-state index in [1.807, 2.05) is 17.0 Å². The van der Waals surface area contributed by atoms with Crippen LogP contribution in [0.5, 0.6) is 17.2 Å². The molecule has 0 spiro atoms. The summed E-state index contributed by atoms with van der Waals surface area (Å²) in [4.78, 5) is 15.4. The lowest BCUT2D eigenvalue weighted by atomic mass is 10.1. The van der Waals surface area contributed by atoms with E-state index in [0.717, 1.165) is 43.6 Å². The van der Waals surface area contributed by atoms with Crippen LogP contribution in [-0.2, 0) is 6.42 Å². The van der Waals surface area contributed by atoms with Gasteiger partial charge in [0.25, 0.3) is 5.91 Å². The van der Waals surface area contributed by atoms with E-state index < -0.39 is 0 Å². The Kier molecular flexibility index (Phi) is 6.49. The summed E-state index contributed by atoms with van der Waals surface area (Å²) in [5, 5.41) is 0. The number of benzene rings is 1. The van der Waals surface area contributed by atoms with Gasteiger partial charge in [-0.15, -0.1) is 0 Å². The summed E-state index contributed by atoms with van der Waals surface area (Å²) in [7, 11) is 4.65. The highest BCUT2D eigenvalue weighted by Gasteiger charge is 2.31. The average Bonchev–Trinajstić information content (AvgIpc) is 3.08. The van der Waals surface area contributed by atoms with Crippen LogP contribution in [0.4, 0.5) is 0 Å². The molecule has 6 nitrogen and oxygen atoms in total. The molecule has 1 amide bonds. The number of ether oxygens (including phenoxy) is 3. The molecule has 1 saturated heterocycles. The SMILES string of the molecule is CCc1ccc(C2CCCCCN2C(=O)c2cc(OC)c(OC)c(OC)c2)o1. The van der Waals surface area contributed by atoms with Crippen LogP contribution in [0.25, 0.3) is 0 Å². The fraction of sp³-hybridized carbons (Fsp3) is 0.500. The highest BCUT2D eigenvalue weighted by Crippen LogP contribution is 2.40. The van der Waals surface area contributed by atoms with Crippen LogP contribution in [0.2, 0.25) is 0 Å². The number of carbonyl (C=O) groups is 1. The molecule has 1 aliphatic rings. The van der Waals surface area contributed by atoms with Gasteiger partial charge < -0.3 is 23.5 Å². The number of hydrogen-bond donors (Lipinski definition) is 0. The lowest BCUT2D eigenvalue weighted by Gasteiger charge is -2.29. The molecule has 1 aromatic heterocycles. The van der Waals surface area contributed by atoms with E-state index in [-0.39, 0.29) is 11.9 Å². The number of aryl methyl sites for hydroxylation is 1. The van der Waals surface area contributed by atoms with Crippen molar-refractivity contribution in [1.29, 1.82) is 0 Å². The summed E-state index contributed by atoms with van der Waals surface area (Å²) < 4.78 is 22.2. The summed E-state index contributed by atoms with van der Waals surface area (Å²) in [5.41, 5.74) is 0.517. The molecule has 2 aromatic rings. The Balaban J connectivity index is 1.98. The second-order valence-electron chi connectivity index (χ2n) is 6.94. The molecule has 6 heteroatoms. The number of furan rings is 1. The topological polar surface area (TPSA) is 61.1 Å². The van der Waals surface area contributed by atoms with E-state index in [2.05, 4.69) is 6.92 Å². The fourth-order valence-electron chi connectivity index (χ4n) is 3.78. The number of hydrogen-bond acceptors (Lipinski definition) is 5. The molecule has 0 saturated carbocycles. The molecule has 1 atom stereocenters. The molecule has 152 valence electrons. The van der Waals surface area contributed by atoms with Crippen LogP contribution in [0.15, 0.2) is 28.7 Å². The minimum Gasteiger partial charge on any atom is -0.493 e. The maximum Gasteiger partial charge on any atom is 0.254 e. The Morgan fingerprint density at radius 1 is 1.07 bits per heavy atom. The van der Waals surface area contributed by atoms with Crippen molar-refractivity contribution in [3.63, 3.8) is 0 Å². The molecule has 28 heavy (non-hydrogen) atoms. The molecule has 3 rings (SSSR count). The maximum absolute atomic E-state index is 13.5. The third-order valence-electron chi connectivity index (χ3n) is 5.28. The van der Waals surface area contributed by atoms with E-state index in [9.17, 15) is 4.79 Å². The molecule has 1 unspecified atom stereocenters. The first-order chi connectivity index (χ1) is 13.6. The van der Waals surface area contributed by atoms with Gasteiger partial charge in [-0.25, -0.2) is 0 Å². The van der Waals surface area contributed by atoms with Crippen molar-refractivity contribution in [3.05, 3.63) is 41.3 Å². The quantitative estimate of drug-likeness (QED) is 0.723. The average molecular weight is 387 g/mol. The molecule has 0 bridgehead atoms. The van der Waals surface area contributed by atoms with Crippen molar-refractivity contribution in [2.24, 2.45) is 0 Å². The number of amides is 1. The largest absolute Gasteiger partial charge is 0.493 e. The minimum absolute atomic E-state index is 0.0550. The Hall–Kier alpha value is -2.63. The summed E-state index contributed by atoms with van der Waals surface area (Å²) in [6.45, 7) is 2.76. The van der Waals surface area contributed by atoms with Crippen LogP contribution >= 0.6 is 0 Å². The first-order valence-corrected chi connectivity index (χ1v) is 9.82. The molecule has 1 aromatic carbocycles. The number of methoxy groups -OCH3 is 3. The smallest absolute Gasteiger partial charge is 0.254 e. The van der Waals surface area contributed by atoms with Gasteiger partial charge in [-0.2, -0.15) is 0 Å². The molecule has 1 aliphatic heterocycles. The van der Waals surface area contributed by atoms with Crippen LogP contribution in [0, 0.1) is 0 Å². The Bertz CT molecular complexity index is 788. The van der Waals surface area contributed by atoms with Gasteiger partial charge in [0.1, 0.15) is 11.5 Å². The number of likely N-dealkylation sites (tertiary alicyclic amines) is 1. The third-order valence-corrected chi connectivity index (χ3v) is 5.28. The van der Waals surface area contributed by atoms with Crippen LogP contribution in [0.3, 0.4) is 0 Å². The molecular weight excluding hydrogens is 358 g/mol. The minimum atomic E-state index is -0.0607. The van der Waals surface area contributed by atoms with Gasteiger partial charge in [0.2, 0.25) is 5.75 Å². The molecule has 0 N–H and O–H groups in total. The van der Waals surface area contributed by atoms with Gasteiger partial charge in [-0.1, -0.05) is 19.8 Å². The van der Waals surface area contributed by atoms with Crippen molar-refractivity contribution in [2.45, 2.75) is 45.1 Å². The fourth-order valence-corrected chi connectivity index (χ4v) is 3.78. The van der Waals surface area contributed by atoms with Crippen molar-refractivity contribution in [3.8, 4) is 17.2 Å². The predicted molar refractivity (Wildman–Crippen MR) is 106 cm³/mol. The highest BCUT2D eigenvalue weighted by atomic mass is 16.5. The zero-order chi connectivity index (χ0) is 20.1. The molecule has 2 heterocycles. The predicted octanol–water partition coefficient (Wildman–Crippen LogP) is 4.63. The van der Waals surface area contributed by atoms with E-state index in [4.69, 9.17) is 18.6 Å². The Morgan fingerprint density at radius 2 is 1.79 bits per heavy atom. The monoisotopic (exact) mass is 387 g/mol. The van der Waals surface area contributed by atoms with Crippen molar-refractivity contribution < 1.29 is 23.4 Å². The highest BCUT2D eigenvalue weighted by molar-refractivity contribution is 5.96. The van der Waals surface area contributed by atoms with Crippen molar-refractivity contribution in [1.82, 2.24) is 4.90 Å². The molecular formula is C22H29NO5. The Labute approximate surface area is 166 Å². The van der Waals surface area contributed by atoms with E-state index in [0.29, 0.717) is 29.4 Å². The zero-order valence-electron chi connectivity index (χ0n) is 17.1. The van der Waals surface area contributed by atoms with Gasteiger partial charge in [-0.3, -0.25) is 4.79 Å². The van der Waals surface area contributed by atoms with Gasteiger partial charge in [0.05, 0.1) is 27.4 Å². The number of carbonyl (C=O) groups excluding carboxylic acids is 1. The van der Waals surface area contributed by atoms with Crippen LogP contribution in [0.1, 0.15) is 60.5 Å². The summed E-state index contributed by atoms with van der Waals surface area (Å²) in [5.74, 6) is 3.18. The first-order valence-electron chi connectivity index (χ1n) is 9.82. The summed E-state index contributed by atoms with van der Waals surface area (Å²) in [6, 6.07) is 7.37. The van der Waals surface area contributed by atoms with Gasteiger partial charge in [-0.05, 0) is 37.1 Å². The van der Waals surface area contributed by atoms with E-state index >= 15 is 0 Å². The summed E-state index contributed by atoms with van der Waals surface area (Å²) >= 11 is 0. The lowest BCUT2D eigenvalue weighted by Crippen LogP contribution is -2.34. The third kappa shape index (κ3) is 3.96. The normalized spacial score (nSPS) is 17.1. The molecule has 0 radical (unpaired) electrons. The molecule has 0 aliphatic carbocycles. The van der Waals surface area contributed by atoms with Crippen molar-refractivity contribution >= 4 is 5.91 Å². The number of nitrogens with zero attached hydrogens (tertiary/aromatic N) is 1. The van der Waals surface area contributed by atoms with Crippen LogP contribution < -0.4 is 14.2 Å². The van der Waals surface area contributed by atoms with E-state index in [1.165, 1.54) is 0 Å². The number of rotatable bonds is 6. The first kappa shape index (κ1) is 20.1. The lowest BCUT2D eigenvalue weighted by molar-refractivity contribution is 0.0656. The zero-order valence-corrected chi connectivity index (χ0v) is 17.1.